The van der Waals surface area contributed by atoms with Gasteiger partial charge in [-0.3, -0.25) is 9.78 Å². The Morgan fingerprint density at radius 2 is 1.91 bits per heavy atom. The van der Waals surface area contributed by atoms with E-state index in [0.29, 0.717) is 48.1 Å². The number of amides is 1. The average molecular weight is 429 g/mol. The number of piperidine rings is 1. The molecule has 2 aliphatic rings. The average Bonchev–Trinajstić information content (AvgIpc) is 2.81. The van der Waals surface area contributed by atoms with Crippen LogP contribution in [-0.4, -0.2) is 30.0 Å². The number of nitriles is 1. The normalized spacial score (nSPS) is 18.1. The molecule has 1 saturated heterocycles. The first-order valence-corrected chi connectivity index (χ1v) is 11.2. The number of nitrogens with zero attached hydrogens (tertiary/aromatic N) is 3. The lowest BCUT2D eigenvalue weighted by Crippen LogP contribution is -2.44. The van der Waals surface area contributed by atoms with E-state index in [1.165, 1.54) is 12.1 Å². The van der Waals surface area contributed by atoms with Gasteiger partial charge in [0, 0.05) is 30.7 Å². The Balaban J connectivity index is 1.51. The number of nitrogens with one attached hydrogen (secondary N) is 1. The highest BCUT2D eigenvalue weighted by atomic mass is 19.1. The molecule has 1 aliphatic carbocycles. The highest BCUT2D eigenvalue weighted by Gasteiger charge is 2.38. The zero-order valence-corrected chi connectivity index (χ0v) is 17.9. The van der Waals surface area contributed by atoms with Crippen molar-refractivity contribution in [3.63, 3.8) is 0 Å². The number of anilines is 1. The molecule has 0 atom stereocenters. The van der Waals surface area contributed by atoms with Crippen molar-refractivity contribution in [3.05, 3.63) is 71.7 Å². The van der Waals surface area contributed by atoms with Crippen LogP contribution in [0.3, 0.4) is 0 Å². The molecule has 1 saturated carbocycles. The molecule has 1 amide bonds. The zero-order valence-electron chi connectivity index (χ0n) is 17.9. The summed E-state index contributed by atoms with van der Waals surface area (Å²) in [6, 6.07) is 17.1. The summed E-state index contributed by atoms with van der Waals surface area (Å²) in [5.74, 6) is -0.520. The zero-order chi connectivity index (χ0) is 22.1. The van der Waals surface area contributed by atoms with Gasteiger partial charge in [-0.15, -0.1) is 0 Å². The number of aromatic nitrogens is 1. The van der Waals surface area contributed by atoms with Gasteiger partial charge in [-0.2, -0.15) is 5.26 Å². The lowest BCUT2D eigenvalue weighted by Gasteiger charge is -2.40. The first-order chi connectivity index (χ1) is 15.6. The fourth-order valence-corrected chi connectivity index (χ4v) is 4.81. The second kappa shape index (κ2) is 8.23. The Morgan fingerprint density at radius 1 is 1.16 bits per heavy atom. The van der Waals surface area contributed by atoms with E-state index in [2.05, 4.69) is 21.3 Å². The van der Waals surface area contributed by atoms with Crippen molar-refractivity contribution in [3.8, 4) is 6.07 Å². The Morgan fingerprint density at radius 3 is 2.56 bits per heavy atom. The third-order valence-corrected chi connectivity index (χ3v) is 6.96. The van der Waals surface area contributed by atoms with E-state index in [0.717, 1.165) is 24.8 Å². The number of hydrogen-bond donors (Lipinski definition) is 1. The topological polar surface area (TPSA) is 69.0 Å². The molecule has 0 unspecified atom stereocenters. The maximum absolute atomic E-state index is 14.2. The molecule has 5 rings (SSSR count). The van der Waals surface area contributed by atoms with Gasteiger partial charge in [-0.05, 0) is 55.9 Å². The van der Waals surface area contributed by atoms with Crippen LogP contribution in [0.15, 0.2) is 54.7 Å². The fourth-order valence-electron chi connectivity index (χ4n) is 4.81. The monoisotopic (exact) mass is 428 g/mol. The smallest absolute Gasteiger partial charge is 0.255 e. The molecule has 2 heterocycles. The van der Waals surface area contributed by atoms with Crippen molar-refractivity contribution in [1.29, 1.82) is 5.26 Å². The van der Waals surface area contributed by atoms with Crippen LogP contribution in [0, 0.1) is 17.1 Å². The van der Waals surface area contributed by atoms with E-state index >= 15 is 0 Å². The van der Waals surface area contributed by atoms with Crippen LogP contribution in [0.25, 0.3) is 10.9 Å². The minimum Gasteiger partial charge on any atom is -0.370 e. The first-order valence-electron chi connectivity index (χ1n) is 11.2. The predicted octanol–water partition coefficient (Wildman–Crippen LogP) is 4.72. The molecule has 32 heavy (non-hydrogen) atoms. The van der Waals surface area contributed by atoms with Crippen molar-refractivity contribution in [2.24, 2.45) is 0 Å². The van der Waals surface area contributed by atoms with E-state index in [9.17, 15) is 14.4 Å². The lowest BCUT2D eigenvalue weighted by molar-refractivity contribution is 0.0917. The van der Waals surface area contributed by atoms with E-state index in [-0.39, 0.29) is 17.8 Å². The Hall–Kier alpha value is -3.46. The number of carbonyl (C=O) groups is 1. The second-order valence-electron chi connectivity index (χ2n) is 8.83. The van der Waals surface area contributed by atoms with E-state index < -0.39 is 5.41 Å². The van der Waals surface area contributed by atoms with Gasteiger partial charge in [0.1, 0.15) is 5.82 Å². The molecule has 5 nitrogen and oxygen atoms in total. The molecule has 0 radical (unpaired) electrons. The van der Waals surface area contributed by atoms with Crippen molar-refractivity contribution in [2.45, 2.75) is 43.6 Å². The molecule has 2 fully saturated rings. The lowest BCUT2D eigenvalue weighted by atomic mass is 9.74. The van der Waals surface area contributed by atoms with Crippen LogP contribution >= 0.6 is 0 Å². The fraction of sp³-hybridized carbons (Fsp3) is 0.346. The SMILES string of the molecule is N#CC1(c2ccccc2)CCN(c2c(C(=O)NC3CCC3)cnc3ccc(F)cc23)CC1. The third-order valence-electron chi connectivity index (χ3n) is 6.96. The molecule has 162 valence electrons. The van der Waals surface area contributed by atoms with Crippen LogP contribution in [-0.2, 0) is 5.41 Å². The predicted molar refractivity (Wildman–Crippen MR) is 122 cm³/mol. The van der Waals surface area contributed by atoms with Crippen LogP contribution < -0.4 is 10.2 Å². The van der Waals surface area contributed by atoms with Gasteiger partial charge < -0.3 is 10.2 Å². The quantitative estimate of drug-likeness (QED) is 0.653. The maximum Gasteiger partial charge on any atom is 0.255 e. The van der Waals surface area contributed by atoms with Crippen molar-refractivity contribution in [1.82, 2.24) is 10.3 Å². The number of pyridine rings is 1. The molecule has 6 heteroatoms. The summed E-state index contributed by atoms with van der Waals surface area (Å²) in [7, 11) is 0. The maximum atomic E-state index is 14.2. The number of benzene rings is 2. The standard InChI is InChI=1S/C26H25FN4O/c27-19-9-10-23-21(15-19)24(22(16-29-23)25(32)30-20-7-4-8-20)31-13-11-26(17-28,12-14-31)18-5-2-1-3-6-18/h1-3,5-6,9-10,15-16,20H,4,7-8,11-14H2,(H,30,32). The summed E-state index contributed by atoms with van der Waals surface area (Å²) in [6.07, 6.45) is 5.98. The van der Waals surface area contributed by atoms with E-state index in [1.807, 2.05) is 30.3 Å². The summed E-state index contributed by atoms with van der Waals surface area (Å²) in [6.45, 7) is 1.20. The number of carbonyl (C=O) groups excluding carboxylic acids is 1. The van der Waals surface area contributed by atoms with Crippen LogP contribution in [0.2, 0.25) is 0 Å². The summed E-state index contributed by atoms with van der Waals surface area (Å²) < 4.78 is 14.2. The molecular weight excluding hydrogens is 403 g/mol. The Kier molecular flexibility index (Phi) is 5.26. The molecule has 0 spiro atoms. The summed E-state index contributed by atoms with van der Waals surface area (Å²) >= 11 is 0. The van der Waals surface area contributed by atoms with Crippen LogP contribution in [0.4, 0.5) is 10.1 Å². The molecular formula is C26H25FN4O. The molecule has 0 bridgehead atoms. The minimum absolute atomic E-state index is 0.163. The van der Waals surface area contributed by atoms with Crippen LogP contribution in [0.5, 0.6) is 0 Å². The van der Waals surface area contributed by atoms with Gasteiger partial charge in [0.25, 0.3) is 5.91 Å². The highest BCUT2D eigenvalue weighted by molar-refractivity contribution is 6.07. The van der Waals surface area contributed by atoms with Gasteiger partial charge in [0.15, 0.2) is 0 Å². The van der Waals surface area contributed by atoms with Crippen molar-refractivity contribution in [2.75, 3.05) is 18.0 Å². The largest absolute Gasteiger partial charge is 0.370 e. The summed E-state index contributed by atoms with van der Waals surface area (Å²) in [5.41, 5.74) is 2.31. The first kappa shape index (κ1) is 20.4. The van der Waals surface area contributed by atoms with Gasteiger partial charge in [-0.25, -0.2) is 4.39 Å². The third kappa shape index (κ3) is 3.58. The van der Waals surface area contributed by atoms with Gasteiger partial charge in [-0.1, -0.05) is 30.3 Å². The number of rotatable bonds is 4. The number of fused-ring (bicyclic) bond motifs is 1. The van der Waals surface area contributed by atoms with Crippen molar-refractivity contribution < 1.29 is 9.18 Å². The minimum atomic E-state index is -0.555. The Bertz CT molecular complexity index is 1190. The highest BCUT2D eigenvalue weighted by Crippen LogP contribution is 2.39. The molecule has 1 aliphatic heterocycles. The van der Waals surface area contributed by atoms with Gasteiger partial charge >= 0.3 is 0 Å². The molecule has 1 N–H and O–H groups in total. The molecule has 1 aromatic heterocycles. The van der Waals surface area contributed by atoms with Gasteiger partial charge in [0.2, 0.25) is 0 Å². The molecule has 2 aromatic carbocycles. The Labute approximate surface area is 186 Å². The van der Waals surface area contributed by atoms with Gasteiger partial charge in [0.05, 0.1) is 28.3 Å². The number of hydrogen-bond acceptors (Lipinski definition) is 4. The summed E-state index contributed by atoms with van der Waals surface area (Å²) in [4.78, 5) is 19.7. The second-order valence-corrected chi connectivity index (χ2v) is 8.83. The summed E-state index contributed by atoms with van der Waals surface area (Å²) in [5, 5.41) is 13.8. The molecule has 3 aromatic rings. The van der Waals surface area contributed by atoms with Crippen LogP contribution in [0.1, 0.15) is 48.0 Å². The van der Waals surface area contributed by atoms with E-state index in [1.54, 1.807) is 12.3 Å². The van der Waals surface area contributed by atoms with E-state index in [4.69, 9.17) is 0 Å². The van der Waals surface area contributed by atoms with Crippen molar-refractivity contribution >= 4 is 22.5 Å². The number of halogens is 1.